The monoisotopic (exact) mass is 539 g/mol. The molecule has 200 valence electrons. The molecule has 1 aliphatic heterocycles. The first kappa shape index (κ1) is 25.8. The molecule has 13 heteroatoms. The van der Waals surface area contributed by atoms with Crippen LogP contribution in [0.4, 0.5) is 29.3 Å². The van der Waals surface area contributed by atoms with Crippen LogP contribution in [0.25, 0.3) is 16.9 Å². The summed E-state index contributed by atoms with van der Waals surface area (Å²) in [7, 11) is 0. The zero-order valence-corrected chi connectivity index (χ0v) is 20.2. The summed E-state index contributed by atoms with van der Waals surface area (Å²) in [5.74, 6) is -2.09. The van der Waals surface area contributed by atoms with Crippen LogP contribution in [-0.2, 0) is 11.0 Å². The van der Waals surface area contributed by atoms with Crippen molar-refractivity contribution in [3.05, 3.63) is 84.1 Å². The van der Waals surface area contributed by atoms with Gasteiger partial charge in [0.15, 0.2) is 5.82 Å². The van der Waals surface area contributed by atoms with E-state index in [9.17, 15) is 22.8 Å². The van der Waals surface area contributed by atoms with Crippen LogP contribution in [-0.4, -0.2) is 49.2 Å². The number of pyridine rings is 1. The molecule has 0 radical (unpaired) electrons. The predicted molar refractivity (Wildman–Crippen MR) is 134 cm³/mol. The lowest BCUT2D eigenvalue weighted by Gasteiger charge is -2.13. The first-order valence-corrected chi connectivity index (χ1v) is 11.8. The minimum atomic E-state index is -4.61. The summed E-state index contributed by atoms with van der Waals surface area (Å²) >= 11 is 0. The Kier molecular flexibility index (Phi) is 6.50. The van der Waals surface area contributed by atoms with Crippen LogP contribution in [0.5, 0.6) is 0 Å². The van der Waals surface area contributed by atoms with E-state index in [1.807, 2.05) is 0 Å². The molecule has 0 bridgehead atoms. The van der Waals surface area contributed by atoms with Crippen molar-refractivity contribution < 1.29 is 27.2 Å². The Morgan fingerprint density at radius 2 is 1.90 bits per heavy atom. The maximum Gasteiger partial charge on any atom is 0.416 e. The number of hydrogen-bond donors (Lipinski definition) is 2. The highest BCUT2D eigenvalue weighted by atomic mass is 19.4. The topological polar surface area (TPSA) is 119 Å². The number of nitrogen functional groups attached to an aromatic ring is 1. The largest absolute Gasteiger partial charge is 0.416 e. The molecule has 1 fully saturated rings. The molecule has 1 aromatic carbocycles. The predicted octanol–water partition coefficient (Wildman–Crippen LogP) is 4.29. The van der Waals surface area contributed by atoms with Crippen LogP contribution < -0.4 is 11.1 Å². The molecule has 0 saturated carbocycles. The number of nitrogens with two attached hydrogens (primary N) is 1. The van der Waals surface area contributed by atoms with Crippen LogP contribution >= 0.6 is 0 Å². The number of nitrogens with one attached hydrogen (secondary N) is 1. The summed E-state index contributed by atoms with van der Waals surface area (Å²) < 4.78 is 55.8. The van der Waals surface area contributed by atoms with Crippen molar-refractivity contribution in [2.45, 2.75) is 18.5 Å². The maximum absolute atomic E-state index is 15.4. The second-order valence-corrected chi connectivity index (χ2v) is 8.89. The number of nitrogens with zero attached hydrogens (tertiary/aromatic N) is 5. The maximum atomic E-state index is 15.4. The molecular formula is C26H21F4N7O2. The van der Waals surface area contributed by atoms with E-state index in [0.717, 1.165) is 18.3 Å². The highest BCUT2D eigenvalue weighted by Gasteiger charge is 2.32. The number of halogens is 4. The molecule has 1 atom stereocenters. The van der Waals surface area contributed by atoms with Gasteiger partial charge >= 0.3 is 6.18 Å². The van der Waals surface area contributed by atoms with Gasteiger partial charge in [-0.2, -0.15) is 13.2 Å². The van der Waals surface area contributed by atoms with Gasteiger partial charge < -0.3 is 16.0 Å². The molecule has 3 N–H and O–H groups in total. The number of imidazole rings is 1. The van der Waals surface area contributed by atoms with Gasteiger partial charge in [0.2, 0.25) is 11.9 Å². The SMILES string of the molecule is C=CC(=O)N1CCC(c2nc(-c3ccc(C(=O)Nc4cc(C(F)(F)F)ccn4)cc3F)n3c(N)nccc23)C1. The van der Waals surface area contributed by atoms with Crippen LogP contribution in [0.2, 0.25) is 0 Å². The lowest BCUT2D eigenvalue weighted by molar-refractivity contribution is -0.137. The molecule has 1 unspecified atom stereocenters. The van der Waals surface area contributed by atoms with Crippen molar-refractivity contribution >= 4 is 29.1 Å². The van der Waals surface area contributed by atoms with Crippen LogP contribution in [0.1, 0.15) is 34.0 Å². The van der Waals surface area contributed by atoms with Gasteiger partial charge in [0.25, 0.3) is 5.91 Å². The van der Waals surface area contributed by atoms with Gasteiger partial charge in [-0.1, -0.05) is 6.58 Å². The van der Waals surface area contributed by atoms with E-state index in [4.69, 9.17) is 5.73 Å². The number of carbonyl (C=O) groups is 2. The summed E-state index contributed by atoms with van der Waals surface area (Å²) in [6.07, 6.45) is -0.307. The number of anilines is 2. The smallest absolute Gasteiger partial charge is 0.369 e. The van der Waals surface area contributed by atoms with Crippen molar-refractivity contribution in [2.24, 2.45) is 0 Å². The lowest BCUT2D eigenvalue weighted by atomic mass is 10.0. The molecule has 5 rings (SSSR count). The van der Waals surface area contributed by atoms with Gasteiger partial charge in [0.05, 0.1) is 22.3 Å². The van der Waals surface area contributed by atoms with Crippen molar-refractivity contribution in [3.63, 3.8) is 0 Å². The number of alkyl halides is 3. The Morgan fingerprint density at radius 1 is 1.13 bits per heavy atom. The van der Waals surface area contributed by atoms with Crippen molar-refractivity contribution in [2.75, 3.05) is 24.1 Å². The number of rotatable bonds is 5. The average Bonchev–Trinajstić information content (AvgIpc) is 3.54. The molecule has 0 spiro atoms. The fourth-order valence-corrected chi connectivity index (χ4v) is 4.58. The quantitative estimate of drug-likeness (QED) is 0.289. The van der Waals surface area contributed by atoms with E-state index in [-0.39, 0.29) is 40.5 Å². The van der Waals surface area contributed by atoms with Gasteiger partial charge in [-0.3, -0.25) is 14.0 Å². The average molecular weight is 539 g/mol. The molecule has 9 nitrogen and oxygen atoms in total. The normalized spacial score (nSPS) is 15.5. The first-order chi connectivity index (χ1) is 18.6. The zero-order valence-electron chi connectivity index (χ0n) is 20.2. The van der Waals surface area contributed by atoms with Gasteiger partial charge in [-0.25, -0.2) is 19.3 Å². The van der Waals surface area contributed by atoms with E-state index in [1.54, 1.807) is 11.0 Å². The van der Waals surface area contributed by atoms with E-state index in [0.29, 0.717) is 36.8 Å². The molecule has 1 saturated heterocycles. The Hall–Kier alpha value is -4.81. The molecule has 39 heavy (non-hydrogen) atoms. The molecule has 2 amide bonds. The fraction of sp³-hybridized carbons (Fsp3) is 0.192. The van der Waals surface area contributed by atoms with Crippen LogP contribution in [0.15, 0.2) is 61.4 Å². The van der Waals surface area contributed by atoms with Crippen LogP contribution in [0.3, 0.4) is 0 Å². The minimum absolute atomic E-state index is 0.0294. The third-order valence-corrected chi connectivity index (χ3v) is 6.47. The summed E-state index contributed by atoms with van der Waals surface area (Å²) in [6.45, 7) is 4.44. The third-order valence-electron chi connectivity index (χ3n) is 6.47. The van der Waals surface area contributed by atoms with Crippen LogP contribution in [0, 0.1) is 5.82 Å². The van der Waals surface area contributed by atoms with Gasteiger partial charge in [-0.15, -0.1) is 0 Å². The van der Waals surface area contributed by atoms with E-state index in [2.05, 4.69) is 26.8 Å². The Morgan fingerprint density at radius 3 is 2.62 bits per heavy atom. The summed E-state index contributed by atoms with van der Waals surface area (Å²) in [4.78, 5) is 38.8. The van der Waals surface area contributed by atoms with Gasteiger partial charge in [0, 0.05) is 37.0 Å². The summed E-state index contributed by atoms with van der Waals surface area (Å²) in [5, 5.41) is 2.25. The third kappa shape index (κ3) is 4.90. The molecule has 1 aliphatic rings. The molecule has 4 heterocycles. The fourth-order valence-electron chi connectivity index (χ4n) is 4.58. The summed E-state index contributed by atoms with van der Waals surface area (Å²) in [5.41, 5.74) is 6.25. The Bertz CT molecular complexity index is 1620. The van der Waals surface area contributed by atoms with E-state index < -0.39 is 23.5 Å². The van der Waals surface area contributed by atoms with Crippen molar-refractivity contribution in [1.82, 2.24) is 24.3 Å². The molecule has 3 aromatic heterocycles. The summed E-state index contributed by atoms with van der Waals surface area (Å²) in [6, 6.07) is 6.75. The van der Waals surface area contributed by atoms with Crippen molar-refractivity contribution in [1.29, 1.82) is 0 Å². The highest BCUT2D eigenvalue weighted by Crippen LogP contribution is 2.35. The lowest BCUT2D eigenvalue weighted by Crippen LogP contribution is -2.26. The second kappa shape index (κ2) is 9.82. The molecular weight excluding hydrogens is 518 g/mol. The number of carbonyl (C=O) groups excluding carboxylic acids is 2. The van der Waals surface area contributed by atoms with E-state index >= 15 is 4.39 Å². The number of likely N-dealkylation sites (tertiary alicyclic amines) is 1. The van der Waals surface area contributed by atoms with Gasteiger partial charge in [0.1, 0.15) is 11.6 Å². The molecule has 4 aromatic rings. The number of amides is 2. The number of aromatic nitrogens is 4. The zero-order chi connectivity index (χ0) is 27.9. The Balaban J connectivity index is 1.46. The van der Waals surface area contributed by atoms with Crippen molar-refractivity contribution in [3.8, 4) is 11.4 Å². The first-order valence-electron chi connectivity index (χ1n) is 11.8. The number of fused-ring (bicyclic) bond motifs is 1. The number of benzene rings is 1. The minimum Gasteiger partial charge on any atom is -0.369 e. The molecule has 0 aliphatic carbocycles. The standard InChI is InChI=1S/C26H21F4N7O2/c1-2-21(38)36-10-7-15(13-36)22-19-6-9-33-25(31)37(19)23(35-22)17-4-3-14(11-18(17)27)24(39)34-20-12-16(5-8-32-20)26(28,29)30/h2-6,8-9,11-12,15H,1,7,10,13H2,(H2,31,33)(H,32,34,39). The number of hydrogen-bond acceptors (Lipinski definition) is 6. The highest BCUT2D eigenvalue weighted by molar-refractivity contribution is 6.04. The van der Waals surface area contributed by atoms with Gasteiger partial charge in [-0.05, 0) is 48.9 Å². The Labute approximate surface area is 219 Å². The second-order valence-electron chi connectivity index (χ2n) is 8.89. The van der Waals surface area contributed by atoms with E-state index in [1.165, 1.54) is 28.8 Å².